The van der Waals surface area contributed by atoms with Gasteiger partial charge in [-0.3, -0.25) is 9.69 Å². The first-order valence-electron chi connectivity index (χ1n) is 7.19. The fourth-order valence-electron chi connectivity index (χ4n) is 2.47. The van der Waals surface area contributed by atoms with Crippen LogP contribution in [0.25, 0.3) is 0 Å². The van der Waals surface area contributed by atoms with E-state index in [4.69, 9.17) is 5.11 Å². The van der Waals surface area contributed by atoms with Crippen molar-refractivity contribution in [2.45, 2.75) is 19.0 Å². The lowest BCUT2D eigenvalue weighted by Crippen LogP contribution is -2.39. The molecule has 0 spiro atoms. The third-order valence-corrected chi connectivity index (χ3v) is 3.83. The number of carbonyl (C=O) groups is 1. The number of piperidine rings is 1. The molecule has 0 aliphatic carbocycles. The number of hydrogen-bond acceptors (Lipinski definition) is 3. The molecule has 1 fully saturated rings. The van der Waals surface area contributed by atoms with Crippen LogP contribution >= 0.6 is 0 Å². The summed E-state index contributed by atoms with van der Waals surface area (Å²) in [5.74, 6) is 0.0523. The molecule has 4 nitrogen and oxygen atoms in total. The van der Waals surface area contributed by atoms with Crippen LogP contribution in [0.2, 0.25) is 0 Å². The van der Waals surface area contributed by atoms with Crippen LogP contribution < -0.4 is 5.32 Å². The maximum Gasteiger partial charge on any atom is 0.416 e. The summed E-state index contributed by atoms with van der Waals surface area (Å²) in [6.07, 6.45) is -2.67. The molecule has 7 heteroatoms. The first-order valence-corrected chi connectivity index (χ1v) is 7.19. The van der Waals surface area contributed by atoms with Crippen LogP contribution in [-0.4, -0.2) is 42.2 Å². The number of nitrogens with zero attached hydrogens (tertiary/aromatic N) is 1. The summed E-state index contributed by atoms with van der Waals surface area (Å²) in [4.78, 5) is 13.9. The molecule has 2 N–H and O–H groups in total. The Labute approximate surface area is 126 Å². The molecule has 22 heavy (non-hydrogen) atoms. The molecule has 1 aromatic carbocycles. The van der Waals surface area contributed by atoms with Gasteiger partial charge < -0.3 is 10.4 Å². The van der Waals surface area contributed by atoms with Gasteiger partial charge in [0.2, 0.25) is 5.91 Å². The fourth-order valence-corrected chi connectivity index (χ4v) is 2.47. The Hall–Kier alpha value is -1.60. The van der Waals surface area contributed by atoms with Crippen molar-refractivity contribution in [3.8, 4) is 0 Å². The number of aliphatic hydroxyl groups excluding tert-OH is 1. The minimum absolute atomic E-state index is 0.172. The summed E-state index contributed by atoms with van der Waals surface area (Å²) >= 11 is 0. The van der Waals surface area contributed by atoms with Gasteiger partial charge >= 0.3 is 6.18 Å². The topological polar surface area (TPSA) is 52.6 Å². The molecule has 0 aromatic heterocycles. The Morgan fingerprint density at radius 1 is 1.23 bits per heavy atom. The third kappa shape index (κ3) is 4.71. The highest BCUT2D eigenvalue weighted by molar-refractivity contribution is 5.92. The highest BCUT2D eigenvalue weighted by atomic mass is 19.4. The Morgan fingerprint density at radius 3 is 2.32 bits per heavy atom. The van der Waals surface area contributed by atoms with E-state index in [1.807, 2.05) is 4.90 Å². The zero-order chi connectivity index (χ0) is 16.2. The number of aliphatic hydroxyl groups is 1. The van der Waals surface area contributed by atoms with Gasteiger partial charge in [0.1, 0.15) is 0 Å². The minimum Gasteiger partial charge on any atom is -0.396 e. The van der Waals surface area contributed by atoms with Crippen molar-refractivity contribution in [1.82, 2.24) is 4.90 Å². The number of likely N-dealkylation sites (tertiary alicyclic amines) is 1. The highest BCUT2D eigenvalue weighted by Gasteiger charge is 2.30. The number of benzene rings is 1. The van der Waals surface area contributed by atoms with Gasteiger partial charge in [0.05, 0.1) is 12.1 Å². The first-order chi connectivity index (χ1) is 10.4. The maximum absolute atomic E-state index is 12.4. The van der Waals surface area contributed by atoms with Crippen molar-refractivity contribution in [3.63, 3.8) is 0 Å². The van der Waals surface area contributed by atoms with Crippen molar-refractivity contribution in [2.24, 2.45) is 5.92 Å². The SMILES string of the molecule is O=C(CN1CCC(CO)CC1)Nc1ccc(C(F)(F)F)cc1. The molecule has 0 radical (unpaired) electrons. The molecule has 0 bridgehead atoms. The van der Waals surface area contributed by atoms with Gasteiger partial charge in [-0.1, -0.05) is 0 Å². The number of hydrogen-bond donors (Lipinski definition) is 2. The van der Waals surface area contributed by atoms with Gasteiger partial charge in [0.25, 0.3) is 0 Å². The van der Waals surface area contributed by atoms with Gasteiger partial charge in [-0.25, -0.2) is 0 Å². The van der Waals surface area contributed by atoms with E-state index in [1.54, 1.807) is 0 Å². The average molecular weight is 316 g/mol. The summed E-state index contributed by atoms with van der Waals surface area (Å²) in [5.41, 5.74) is -0.389. The number of rotatable bonds is 4. The predicted molar refractivity (Wildman–Crippen MR) is 76.3 cm³/mol. The van der Waals surface area contributed by atoms with Crippen molar-refractivity contribution in [3.05, 3.63) is 29.8 Å². The average Bonchev–Trinajstić information content (AvgIpc) is 2.47. The lowest BCUT2D eigenvalue weighted by Gasteiger charge is -2.30. The highest BCUT2D eigenvalue weighted by Crippen LogP contribution is 2.29. The smallest absolute Gasteiger partial charge is 0.396 e. The molecular weight excluding hydrogens is 297 g/mol. The zero-order valence-corrected chi connectivity index (χ0v) is 12.1. The summed E-state index contributed by atoms with van der Waals surface area (Å²) in [6.45, 7) is 1.86. The van der Waals surface area contributed by atoms with Crippen LogP contribution in [0, 0.1) is 5.92 Å². The van der Waals surface area contributed by atoms with Crippen molar-refractivity contribution >= 4 is 11.6 Å². The van der Waals surface area contributed by atoms with Crippen LogP contribution in [0.15, 0.2) is 24.3 Å². The van der Waals surface area contributed by atoms with E-state index in [0.29, 0.717) is 11.6 Å². The van der Waals surface area contributed by atoms with Crippen LogP contribution in [0.5, 0.6) is 0 Å². The molecule has 0 unspecified atom stereocenters. The lowest BCUT2D eigenvalue weighted by atomic mass is 9.98. The molecule has 0 saturated carbocycles. The molecular formula is C15H19F3N2O2. The van der Waals surface area contributed by atoms with Crippen molar-refractivity contribution in [2.75, 3.05) is 31.6 Å². The van der Waals surface area contributed by atoms with E-state index in [-0.39, 0.29) is 19.1 Å². The van der Waals surface area contributed by atoms with E-state index in [9.17, 15) is 18.0 Å². The summed E-state index contributed by atoms with van der Waals surface area (Å²) in [7, 11) is 0. The Kier molecular flexibility index (Phi) is 5.42. The van der Waals surface area contributed by atoms with E-state index >= 15 is 0 Å². The van der Waals surface area contributed by atoms with Gasteiger partial charge in [-0.05, 0) is 56.1 Å². The number of anilines is 1. The number of carbonyl (C=O) groups excluding carboxylic acids is 1. The normalized spacial score (nSPS) is 17.5. The van der Waals surface area contributed by atoms with E-state index in [0.717, 1.165) is 38.1 Å². The second kappa shape index (κ2) is 7.11. The van der Waals surface area contributed by atoms with E-state index in [1.165, 1.54) is 12.1 Å². The molecule has 0 atom stereocenters. The summed E-state index contributed by atoms with van der Waals surface area (Å²) < 4.78 is 37.3. The molecule has 1 heterocycles. The first kappa shape index (κ1) is 16.8. The predicted octanol–water partition coefficient (Wildman–Crippen LogP) is 2.35. The Morgan fingerprint density at radius 2 is 1.82 bits per heavy atom. The van der Waals surface area contributed by atoms with Crippen molar-refractivity contribution in [1.29, 1.82) is 0 Å². The van der Waals surface area contributed by atoms with E-state index in [2.05, 4.69) is 5.32 Å². The molecule has 2 rings (SSSR count). The summed E-state index contributed by atoms with van der Waals surface area (Å²) in [6, 6.07) is 4.39. The van der Waals surface area contributed by atoms with Crippen LogP contribution in [0.1, 0.15) is 18.4 Å². The van der Waals surface area contributed by atoms with Gasteiger partial charge in [0.15, 0.2) is 0 Å². The lowest BCUT2D eigenvalue weighted by molar-refractivity contribution is -0.137. The number of nitrogens with one attached hydrogen (secondary N) is 1. The molecule has 1 aromatic rings. The summed E-state index contributed by atoms with van der Waals surface area (Å²) in [5, 5.41) is 11.7. The van der Waals surface area contributed by atoms with Crippen molar-refractivity contribution < 1.29 is 23.1 Å². The zero-order valence-electron chi connectivity index (χ0n) is 12.1. The number of alkyl halides is 3. The van der Waals surface area contributed by atoms with Crippen LogP contribution in [-0.2, 0) is 11.0 Å². The Bertz CT molecular complexity index is 495. The second-order valence-corrected chi connectivity index (χ2v) is 5.53. The molecule has 1 aliphatic heterocycles. The van der Waals surface area contributed by atoms with E-state index < -0.39 is 11.7 Å². The standard InChI is InChI=1S/C15H19F3N2O2/c16-15(17,18)12-1-3-13(4-2-12)19-14(22)9-20-7-5-11(10-21)6-8-20/h1-4,11,21H,5-10H2,(H,19,22). The largest absolute Gasteiger partial charge is 0.416 e. The third-order valence-electron chi connectivity index (χ3n) is 3.83. The van der Waals surface area contributed by atoms with Gasteiger partial charge in [0, 0.05) is 12.3 Å². The molecule has 1 saturated heterocycles. The number of amides is 1. The molecule has 1 aliphatic rings. The molecule has 122 valence electrons. The monoisotopic (exact) mass is 316 g/mol. The van der Waals surface area contributed by atoms with Gasteiger partial charge in [-0.15, -0.1) is 0 Å². The second-order valence-electron chi connectivity index (χ2n) is 5.53. The fraction of sp³-hybridized carbons (Fsp3) is 0.533. The quantitative estimate of drug-likeness (QED) is 0.896. The maximum atomic E-state index is 12.4. The minimum atomic E-state index is -4.38. The molecule has 1 amide bonds. The van der Waals surface area contributed by atoms with Gasteiger partial charge in [-0.2, -0.15) is 13.2 Å². The van der Waals surface area contributed by atoms with Crippen LogP contribution in [0.4, 0.5) is 18.9 Å². The van der Waals surface area contributed by atoms with Crippen LogP contribution in [0.3, 0.4) is 0 Å². The Balaban J connectivity index is 1.82. The number of halogens is 3.